The minimum Gasteiger partial charge on any atom is -0.511 e. The topological polar surface area (TPSA) is 388 Å². The van der Waals surface area contributed by atoms with Gasteiger partial charge < -0.3 is 33.7 Å². The summed E-state index contributed by atoms with van der Waals surface area (Å²) in [6.45, 7) is 11.9. The number of aliphatic hydroxyl groups is 1. The fraction of sp³-hybridized carbons (Fsp3) is 0.394. The maximum Gasteiger partial charge on any atom is 0.416 e. The molecule has 0 saturated carbocycles. The molecule has 4 aromatic carbocycles. The number of hydrogen-bond donors (Lipinski definition) is 5. The van der Waals surface area contributed by atoms with Crippen LogP contribution in [0.15, 0.2) is 139 Å². The number of ketones is 2. The van der Waals surface area contributed by atoms with E-state index in [0.29, 0.717) is 79.5 Å². The van der Waals surface area contributed by atoms with Crippen LogP contribution in [-0.4, -0.2) is 149 Å². The van der Waals surface area contributed by atoms with E-state index in [4.69, 9.17) is 23.9 Å². The van der Waals surface area contributed by atoms with E-state index in [1.54, 1.807) is 11.6 Å². The number of sulfone groups is 1. The van der Waals surface area contributed by atoms with Crippen molar-refractivity contribution in [1.29, 1.82) is 0 Å². The Labute approximate surface area is 586 Å². The van der Waals surface area contributed by atoms with E-state index in [1.807, 2.05) is 86.3 Å². The molecule has 1 aliphatic heterocycles. The molecular formula is C66H80F3N9O19S4. The molecule has 5 N–H and O–H groups in total. The van der Waals surface area contributed by atoms with Gasteiger partial charge in [0.1, 0.15) is 22.8 Å². The molecule has 6 aromatic rings. The van der Waals surface area contributed by atoms with Crippen molar-refractivity contribution in [3.63, 3.8) is 0 Å². The number of allylic oxidation sites excluding steroid dienone is 2. The second-order valence-electron chi connectivity index (χ2n) is 22.3. The van der Waals surface area contributed by atoms with Gasteiger partial charge in [-0.25, -0.2) is 49.1 Å². The number of halogens is 3. The number of sulfonamides is 2. The van der Waals surface area contributed by atoms with Crippen LogP contribution in [0.3, 0.4) is 0 Å². The van der Waals surface area contributed by atoms with Crippen LogP contribution in [0.4, 0.5) is 23.9 Å². The first-order valence-electron chi connectivity index (χ1n) is 31.0. The Morgan fingerprint density at radius 3 is 1.92 bits per heavy atom. The number of oxime groups is 2. The molecule has 2 atom stereocenters. The van der Waals surface area contributed by atoms with Gasteiger partial charge in [0.25, 0.3) is 15.6 Å². The van der Waals surface area contributed by atoms with Gasteiger partial charge in [0.05, 0.1) is 74.0 Å². The van der Waals surface area contributed by atoms with Crippen molar-refractivity contribution in [3.05, 3.63) is 169 Å². The SMILES string of the molecule is CCC/C(=N/OCC)C1=C(O)CC(CC(C)SCC)CC1=O.CCOC(=O)C1=NOC(c2ccccc2)(c2ccccc2)C1.COC(=O)c1ccc(CNS(C)(=O)=O)cc1S(=O)(=O)NC(=O)Nc1nc(OC)cc(OC)n1.Cc1[nH]n(C)c(=O)c1C(=O)c1ccc(C(F)(F)F)cc1S(C)(=O)=O. The van der Waals surface area contributed by atoms with E-state index in [1.165, 1.54) is 40.3 Å². The smallest absolute Gasteiger partial charge is 0.416 e. The van der Waals surface area contributed by atoms with Gasteiger partial charge in [0.2, 0.25) is 33.5 Å². The van der Waals surface area contributed by atoms with Gasteiger partial charge in [0.15, 0.2) is 26.9 Å². The van der Waals surface area contributed by atoms with Gasteiger partial charge in [-0.05, 0) is 81.2 Å². The number of aryl methyl sites for hydroxylation is 2. The van der Waals surface area contributed by atoms with E-state index in [9.17, 15) is 72.3 Å². The number of nitrogens with zero attached hydrogens (tertiary/aromatic N) is 5. The maximum absolute atomic E-state index is 12.9. The average Bonchev–Trinajstić information content (AvgIpc) is 1.71. The second kappa shape index (κ2) is 36.8. The number of anilines is 1. The molecule has 3 heterocycles. The summed E-state index contributed by atoms with van der Waals surface area (Å²) in [5, 5.41) is 23.6. The Bertz CT molecular complexity index is 4390. The number of ether oxygens (including phenoxy) is 4. The van der Waals surface area contributed by atoms with Crippen molar-refractivity contribution in [1.82, 2.24) is 29.2 Å². The van der Waals surface area contributed by atoms with Crippen molar-refractivity contribution in [2.75, 3.05) is 58.1 Å². The van der Waals surface area contributed by atoms with Crippen molar-refractivity contribution in [2.45, 2.75) is 113 Å². The summed E-state index contributed by atoms with van der Waals surface area (Å²) >= 11 is 1.90. The molecule has 8 rings (SSSR count). The van der Waals surface area contributed by atoms with Crippen molar-refractivity contribution < 1.29 is 96.1 Å². The highest BCUT2D eigenvalue weighted by molar-refractivity contribution is 7.99. The summed E-state index contributed by atoms with van der Waals surface area (Å²) in [4.78, 5) is 90.5. The summed E-state index contributed by atoms with van der Waals surface area (Å²) in [7, 11) is -7.30. The third kappa shape index (κ3) is 23.0. The fourth-order valence-electron chi connectivity index (χ4n) is 10.2. The number of urea groups is 1. The van der Waals surface area contributed by atoms with Gasteiger partial charge in [-0.15, -0.1) is 0 Å². The number of nitrogens with one attached hydrogen (secondary N) is 4. The molecule has 2 aliphatic rings. The van der Waals surface area contributed by atoms with Crippen molar-refractivity contribution in [3.8, 4) is 11.8 Å². The van der Waals surface area contributed by atoms with Gasteiger partial charge >= 0.3 is 24.1 Å². The van der Waals surface area contributed by atoms with Crippen LogP contribution in [0.2, 0.25) is 0 Å². The molecule has 0 radical (unpaired) electrons. The summed E-state index contributed by atoms with van der Waals surface area (Å²) < 4.78 is 135. The first kappa shape index (κ1) is 82.2. The predicted molar refractivity (Wildman–Crippen MR) is 370 cm³/mol. The van der Waals surface area contributed by atoms with Crippen LogP contribution in [-0.2, 0) is 84.0 Å². The summed E-state index contributed by atoms with van der Waals surface area (Å²) in [6.07, 6.45) is 0.777. The predicted octanol–water partition coefficient (Wildman–Crippen LogP) is 9.29. The number of carbonyl (C=O) groups is 5. The van der Waals surface area contributed by atoms with Crippen molar-refractivity contribution in [2.24, 2.45) is 23.3 Å². The van der Waals surface area contributed by atoms with E-state index >= 15 is 0 Å². The zero-order valence-corrected chi connectivity index (χ0v) is 60.6. The molecule has 548 valence electrons. The van der Waals surface area contributed by atoms with E-state index in [0.717, 1.165) is 66.0 Å². The number of aromatic amines is 1. The molecule has 0 bridgehead atoms. The fourth-order valence-corrected chi connectivity index (χ4v) is 13.6. The lowest BCUT2D eigenvalue weighted by atomic mass is 9.82. The monoisotopic (exact) mass is 1490 g/mol. The standard InChI is InChI=1S/C18H17NO3.C17H21N5O9S2.C17H29NO3S.C14H13F3N2O4S/c1-2-21-17(20)16-13-18(22-19-16,14-9-5-3-6-10-14)15-11-7-4-8-12-15;1-29-13-8-14(30-2)20-16(19-13)21-17(24)22-33(27,28)12-7-10(9-18-32(4,25)26)5-6-11(12)15(23)31-3;1-5-8-14(18-21-6-2)17-15(19)10-13(11-16(17)20)9-12(4)22-7-3;1-7-11(13(21)19(2)18-7)12(20)9-5-4-8(14(15,16)17)6-10(9)24(3,22)23/h3-12H,2,13H2,1H3;5-8,18H,9H2,1-4H3,(H2,19,20,21,22,24);12-13,19H,5-11H2,1-4H3;4-6,18H,1-3H3/b;;18-14-;. The van der Waals surface area contributed by atoms with Crippen LogP contribution < -0.4 is 29.8 Å². The number of benzene rings is 4. The van der Waals surface area contributed by atoms with Gasteiger partial charge in [-0.2, -0.15) is 34.9 Å². The number of aliphatic hydroxyl groups excluding tert-OH is 1. The third-order valence-electron chi connectivity index (χ3n) is 14.7. The molecule has 2 aromatic heterocycles. The van der Waals surface area contributed by atoms with E-state index < -0.39 is 91.9 Å². The maximum atomic E-state index is 12.9. The first-order chi connectivity index (χ1) is 47.5. The van der Waals surface area contributed by atoms with Crippen LogP contribution in [0.25, 0.3) is 0 Å². The Kier molecular flexibility index (Phi) is 29.9. The van der Waals surface area contributed by atoms with Crippen LogP contribution >= 0.6 is 11.8 Å². The first-order valence-corrected chi connectivity index (χ1v) is 37.3. The molecule has 2 unspecified atom stereocenters. The highest BCUT2D eigenvalue weighted by atomic mass is 32.2. The Hall–Kier alpha value is -9.45. The Morgan fingerprint density at radius 1 is 0.822 bits per heavy atom. The number of thioether (sulfide) groups is 1. The van der Waals surface area contributed by atoms with E-state index in [-0.39, 0.29) is 64.1 Å². The molecular weight excluding hydrogens is 1410 g/mol. The van der Waals surface area contributed by atoms with Gasteiger partial charge in [-0.1, -0.05) is 104 Å². The van der Waals surface area contributed by atoms with Gasteiger partial charge in [0, 0.05) is 60.3 Å². The summed E-state index contributed by atoms with van der Waals surface area (Å²) in [5.74, 6) is -1.08. The number of methoxy groups -OCH3 is 3. The molecule has 0 saturated heterocycles. The highest BCUT2D eigenvalue weighted by Gasteiger charge is 2.45. The molecule has 0 fully saturated rings. The van der Waals surface area contributed by atoms with Crippen LogP contribution in [0.5, 0.6) is 11.8 Å². The van der Waals surface area contributed by atoms with Crippen molar-refractivity contribution >= 4 is 88.6 Å². The number of aromatic nitrogens is 4. The highest BCUT2D eigenvalue weighted by Crippen LogP contribution is 2.42. The Balaban J connectivity index is 0.000000246. The zero-order valence-electron chi connectivity index (χ0n) is 57.3. The zero-order chi connectivity index (χ0) is 75.2. The quantitative estimate of drug-likeness (QED) is 0.0154. The summed E-state index contributed by atoms with van der Waals surface area (Å²) in [6, 6.07) is 25.0. The normalized spacial score (nSPS) is 14.7. The molecule has 0 spiro atoms. The van der Waals surface area contributed by atoms with Crippen LogP contribution in [0.1, 0.15) is 127 Å². The molecule has 35 heteroatoms. The number of esters is 2. The van der Waals surface area contributed by atoms with Gasteiger partial charge in [-0.3, -0.25) is 29.5 Å². The number of H-pyrrole nitrogens is 1. The number of carbonyl (C=O) groups excluding carboxylic acids is 5. The summed E-state index contributed by atoms with van der Waals surface area (Å²) in [5.41, 5.74) is -0.208. The van der Waals surface area contributed by atoms with E-state index in [2.05, 4.69) is 54.0 Å². The molecule has 2 amide bonds. The largest absolute Gasteiger partial charge is 0.511 e. The molecule has 101 heavy (non-hydrogen) atoms. The van der Waals surface area contributed by atoms with Crippen LogP contribution in [0, 0.1) is 12.8 Å². The minimum absolute atomic E-state index is 0.00866. The molecule has 1 aliphatic carbocycles. The number of hydrogen-bond acceptors (Lipinski definition) is 24. The Morgan fingerprint density at radius 2 is 1.43 bits per heavy atom. The molecule has 28 nitrogen and oxygen atoms in total. The second-order valence-corrected chi connectivity index (χ2v) is 29.5. The lowest BCUT2D eigenvalue weighted by Gasteiger charge is -2.27. The minimum atomic E-state index is -4.76. The lowest BCUT2D eigenvalue weighted by molar-refractivity contribution is -0.138. The number of amides is 2. The average molecular weight is 1490 g/mol. The number of alkyl halides is 3. The number of Topliss-reactive ketones (excluding diaryl/α,β-unsaturated/α-hetero) is 1. The third-order valence-corrected chi connectivity index (χ3v) is 18.9. The number of rotatable bonds is 25. The lowest BCUT2D eigenvalue weighted by Crippen LogP contribution is -2.35.